The predicted molar refractivity (Wildman–Crippen MR) is 189 cm³/mol. The average Bonchev–Trinajstić information content (AvgIpc) is 3.70. The molecule has 0 unspecified atom stereocenters. The van der Waals surface area contributed by atoms with Crippen LogP contribution >= 0.6 is 22.7 Å². The highest BCUT2D eigenvalue weighted by molar-refractivity contribution is 7.10. The Morgan fingerprint density at radius 1 is 0.723 bits per heavy atom. The van der Waals surface area contributed by atoms with E-state index in [0.29, 0.717) is 24.6 Å². The number of hydrogen-bond donors (Lipinski definition) is 2. The molecule has 2 aromatic heterocycles. The van der Waals surface area contributed by atoms with Crippen LogP contribution in [-0.2, 0) is 41.9 Å². The molecule has 47 heavy (non-hydrogen) atoms. The molecule has 0 aliphatic heterocycles. The molecule has 0 aliphatic carbocycles. The molecular formula is C36H39N5O4S2. The number of anilines is 2. The highest BCUT2D eigenvalue weighted by atomic mass is 32.1. The van der Waals surface area contributed by atoms with E-state index in [4.69, 9.17) is 19.4 Å². The van der Waals surface area contributed by atoms with E-state index in [9.17, 15) is 9.59 Å². The zero-order chi connectivity index (χ0) is 33.2. The largest absolute Gasteiger partial charge is 0.493 e. The van der Waals surface area contributed by atoms with E-state index in [-0.39, 0.29) is 24.7 Å². The molecular weight excluding hydrogens is 631 g/mol. The third-order valence-electron chi connectivity index (χ3n) is 7.60. The number of aromatic nitrogens is 2. The van der Waals surface area contributed by atoms with Crippen molar-refractivity contribution < 1.29 is 19.1 Å². The summed E-state index contributed by atoms with van der Waals surface area (Å²) in [7, 11) is 3.26. The van der Waals surface area contributed by atoms with Crippen LogP contribution < -0.4 is 20.1 Å². The fourth-order valence-electron chi connectivity index (χ4n) is 5.09. The van der Waals surface area contributed by atoms with Crippen molar-refractivity contribution in [2.75, 3.05) is 31.4 Å². The Labute approximate surface area is 283 Å². The summed E-state index contributed by atoms with van der Waals surface area (Å²) in [5, 5.41) is 11.5. The van der Waals surface area contributed by atoms with Crippen molar-refractivity contribution in [1.29, 1.82) is 0 Å². The number of ether oxygens (including phenoxy) is 2. The second kappa shape index (κ2) is 16.3. The molecule has 2 heterocycles. The van der Waals surface area contributed by atoms with Gasteiger partial charge in [-0.15, -0.1) is 22.7 Å². The van der Waals surface area contributed by atoms with E-state index in [1.165, 1.54) is 22.7 Å². The van der Waals surface area contributed by atoms with Gasteiger partial charge >= 0.3 is 0 Å². The Balaban J connectivity index is 1.25. The van der Waals surface area contributed by atoms with E-state index in [1.54, 1.807) is 14.2 Å². The van der Waals surface area contributed by atoms with Crippen molar-refractivity contribution in [3.63, 3.8) is 0 Å². The average molecular weight is 670 g/mol. The van der Waals surface area contributed by atoms with Crippen molar-refractivity contribution in [2.24, 2.45) is 0 Å². The molecule has 0 radical (unpaired) electrons. The fourth-order valence-corrected chi connectivity index (χ4v) is 6.66. The molecule has 5 rings (SSSR count). The van der Waals surface area contributed by atoms with Crippen LogP contribution in [0.4, 0.5) is 11.4 Å². The maximum Gasteiger partial charge on any atom is 0.231 e. The standard InChI is InChI=1S/C36H39N5O4S2/c1-24-9-5-7-11-29(24)39-33(42)18-35-37-27(22-46-35)20-41(16-15-26-13-14-31(44-3)32(17-26)45-4)21-28-23-47-36(38-28)19-34(43)40-30-12-8-6-10-25(30)2/h5-14,17,22-23H,15-16,18-21H2,1-4H3,(H,39,42)(H,40,43). The third kappa shape index (κ3) is 9.71. The van der Waals surface area contributed by atoms with Gasteiger partial charge in [0.2, 0.25) is 11.8 Å². The molecule has 11 heteroatoms. The maximum absolute atomic E-state index is 12.8. The summed E-state index contributed by atoms with van der Waals surface area (Å²) in [4.78, 5) is 37.4. The Hall–Kier alpha value is -4.58. The quantitative estimate of drug-likeness (QED) is 0.126. The summed E-state index contributed by atoms with van der Waals surface area (Å²) in [5.41, 5.74) is 6.57. The van der Waals surface area contributed by atoms with Crippen molar-refractivity contribution in [3.05, 3.63) is 116 Å². The summed E-state index contributed by atoms with van der Waals surface area (Å²) < 4.78 is 10.9. The summed E-state index contributed by atoms with van der Waals surface area (Å²) in [6.07, 6.45) is 1.20. The monoisotopic (exact) mass is 669 g/mol. The Kier molecular flexibility index (Phi) is 11.7. The van der Waals surface area contributed by atoms with E-state index in [2.05, 4.69) is 15.5 Å². The molecule has 2 amide bonds. The molecule has 2 N–H and O–H groups in total. The summed E-state index contributed by atoms with van der Waals surface area (Å²) in [6.45, 7) is 5.85. The number of para-hydroxylation sites is 2. The number of benzene rings is 3. The van der Waals surface area contributed by atoms with Gasteiger partial charge in [-0.3, -0.25) is 14.5 Å². The number of nitrogens with one attached hydrogen (secondary N) is 2. The Bertz CT molecular complexity index is 1720. The molecule has 9 nitrogen and oxygen atoms in total. The number of carbonyl (C=O) groups excluding carboxylic acids is 2. The summed E-state index contributed by atoms with van der Waals surface area (Å²) in [6, 6.07) is 21.4. The number of thiazole rings is 2. The zero-order valence-corrected chi connectivity index (χ0v) is 28.7. The minimum absolute atomic E-state index is 0.0908. The lowest BCUT2D eigenvalue weighted by atomic mass is 10.1. The molecule has 0 saturated heterocycles. The molecule has 0 atom stereocenters. The first-order valence-electron chi connectivity index (χ1n) is 15.3. The van der Waals surface area contributed by atoms with Gasteiger partial charge in [0.1, 0.15) is 10.0 Å². The lowest BCUT2D eigenvalue weighted by Crippen LogP contribution is -2.26. The number of amides is 2. The minimum Gasteiger partial charge on any atom is -0.493 e. The normalized spacial score (nSPS) is 11.0. The Morgan fingerprint density at radius 2 is 1.23 bits per heavy atom. The van der Waals surface area contributed by atoms with Crippen molar-refractivity contribution in [2.45, 2.75) is 46.2 Å². The third-order valence-corrected chi connectivity index (χ3v) is 9.39. The smallest absolute Gasteiger partial charge is 0.231 e. The van der Waals surface area contributed by atoms with Gasteiger partial charge in [0, 0.05) is 41.8 Å². The van der Waals surface area contributed by atoms with Gasteiger partial charge in [0.05, 0.1) is 38.4 Å². The molecule has 0 saturated carbocycles. The summed E-state index contributed by atoms with van der Waals surface area (Å²) >= 11 is 2.98. The van der Waals surface area contributed by atoms with Gasteiger partial charge in [0.25, 0.3) is 0 Å². The number of nitrogens with zero attached hydrogens (tertiary/aromatic N) is 3. The predicted octanol–water partition coefficient (Wildman–Crippen LogP) is 6.84. The van der Waals surface area contributed by atoms with Gasteiger partial charge in [-0.25, -0.2) is 9.97 Å². The molecule has 0 spiro atoms. The second-order valence-electron chi connectivity index (χ2n) is 11.2. The number of hydrogen-bond acceptors (Lipinski definition) is 9. The van der Waals surface area contributed by atoms with Gasteiger partial charge in [-0.05, 0) is 61.2 Å². The molecule has 3 aromatic carbocycles. The molecule has 244 valence electrons. The van der Waals surface area contributed by atoms with Crippen LogP contribution in [0.1, 0.15) is 38.1 Å². The molecule has 0 aliphatic rings. The van der Waals surface area contributed by atoms with Gasteiger partial charge < -0.3 is 20.1 Å². The Morgan fingerprint density at radius 3 is 1.72 bits per heavy atom. The molecule has 0 bridgehead atoms. The SMILES string of the molecule is COc1ccc(CCN(Cc2csc(CC(=O)Nc3ccccc3C)n2)Cc2csc(CC(=O)Nc3ccccc3C)n2)cc1OC. The fraction of sp³-hybridized carbons (Fsp3) is 0.278. The highest BCUT2D eigenvalue weighted by Gasteiger charge is 2.16. The number of carbonyl (C=O) groups is 2. The van der Waals surface area contributed by atoms with E-state index >= 15 is 0 Å². The van der Waals surface area contributed by atoms with Gasteiger partial charge in [0.15, 0.2) is 11.5 Å². The topological polar surface area (TPSA) is 106 Å². The van der Waals surface area contributed by atoms with E-state index < -0.39 is 0 Å². The van der Waals surface area contributed by atoms with Crippen LogP contribution in [0, 0.1) is 13.8 Å². The molecule has 0 fully saturated rings. The number of methoxy groups -OCH3 is 2. The van der Waals surface area contributed by atoms with Crippen LogP contribution in [0.3, 0.4) is 0 Å². The lowest BCUT2D eigenvalue weighted by molar-refractivity contribution is -0.116. The van der Waals surface area contributed by atoms with Crippen LogP contribution in [-0.4, -0.2) is 47.4 Å². The van der Waals surface area contributed by atoms with E-state index in [1.807, 2.05) is 91.3 Å². The lowest BCUT2D eigenvalue weighted by Gasteiger charge is -2.21. The first kappa shape index (κ1) is 33.8. The highest BCUT2D eigenvalue weighted by Crippen LogP contribution is 2.28. The second-order valence-corrected chi connectivity index (χ2v) is 13.1. The maximum atomic E-state index is 12.8. The van der Waals surface area contributed by atoms with E-state index in [0.717, 1.165) is 62.4 Å². The molecule has 5 aromatic rings. The first-order chi connectivity index (χ1) is 22.8. The van der Waals surface area contributed by atoms with Crippen molar-refractivity contribution in [3.8, 4) is 11.5 Å². The number of rotatable bonds is 15. The van der Waals surface area contributed by atoms with Crippen LogP contribution in [0.15, 0.2) is 77.5 Å². The van der Waals surface area contributed by atoms with Crippen molar-refractivity contribution in [1.82, 2.24) is 14.9 Å². The summed E-state index contributed by atoms with van der Waals surface area (Å²) in [5.74, 6) is 1.20. The number of aryl methyl sites for hydroxylation is 2. The zero-order valence-electron chi connectivity index (χ0n) is 27.0. The van der Waals surface area contributed by atoms with Crippen molar-refractivity contribution >= 4 is 45.9 Å². The van der Waals surface area contributed by atoms with Crippen LogP contribution in [0.2, 0.25) is 0 Å². The minimum atomic E-state index is -0.0908. The first-order valence-corrected chi connectivity index (χ1v) is 17.1. The van der Waals surface area contributed by atoms with Crippen LogP contribution in [0.5, 0.6) is 11.5 Å². The van der Waals surface area contributed by atoms with Gasteiger partial charge in [-0.2, -0.15) is 0 Å². The van der Waals surface area contributed by atoms with Gasteiger partial charge in [-0.1, -0.05) is 42.5 Å². The van der Waals surface area contributed by atoms with Crippen LogP contribution in [0.25, 0.3) is 0 Å².